The van der Waals surface area contributed by atoms with Crippen LogP contribution in [0.3, 0.4) is 0 Å². The van der Waals surface area contributed by atoms with Gasteiger partial charge >= 0.3 is 5.97 Å². The minimum Gasteiger partial charge on any atom is -0.508 e. The molecule has 2 unspecified atom stereocenters. The molecule has 0 aromatic heterocycles. The fraction of sp³-hybridized carbons (Fsp3) is 0.358. The largest absolute Gasteiger partial charge is 0.508 e. The van der Waals surface area contributed by atoms with Gasteiger partial charge in [0.25, 0.3) is 0 Å². The van der Waals surface area contributed by atoms with Crippen LogP contribution in [0.25, 0.3) is 11.1 Å². The summed E-state index contributed by atoms with van der Waals surface area (Å²) in [5.74, 6) is -9.85. The number of ether oxygens (including phenoxy) is 6. The molecule has 7 heterocycles. The number of hydrogen-bond donors (Lipinski definition) is 19. The predicted octanol–water partition coefficient (Wildman–Crippen LogP) is 3.99. The molecule has 20 N–H and O–H groups in total. The minimum atomic E-state index is -2.37. The zero-order valence-corrected chi connectivity index (χ0v) is 65.2. The Labute approximate surface area is 683 Å². The van der Waals surface area contributed by atoms with Crippen molar-refractivity contribution < 1.29 is 118 Å². The highest BCUT2D eigenvalue weighted by molar-refractivity contribution is 6.32. The molecule has 618 valence electrons. The first-order valence-corrected chi connectivity index (χ1v) is 38.0. The summed E-state index contributed by atoms with van der Waals surface area (Å²) < 4.78 is 38.9. The Morgan fingerprint density at radius 3 is 1.89 bits per heavy atom. The van der Waals surface area contributed by atoms with Gasteiger partial charge in [-0.25, -0.2) is 4.79 Å². The number of carbonyl (C=O) groups excluding carboxylic acids is 7. The lowest BCUT2D eigenvalue weighted by atomic mass is 9.84. The van der Waals surface area contributed by atoms with E-state index < -0.39 is 237 Å². The Bertz CT molecular complexity index is 5050. The summed E-state index contributed by atoms with van der Waals surface area (Å²) in [6, 6.07) is 13.9. The smallest absolute Gasteiger partial charge is 0.330 e. The van der Waals surface area contributed by atoms with Crippen LogP contribution in [-0.2, 0) is 59.1 Å². The number of aliphatic hydroxyl groups is 6. The fourth-order valence-electron chi connectivity index (χ4n) is 14.3. The third-order valence-corrected chi connectivity index (χ3v) is 21.4. The zero-order valence-electron chi connectivity index (χ0n) is 63.0. The maximum Gasteiger partial charge on any atom is 0.330 e. The van der Waals surface area contributed by atoms with Gasteiger partial charge < -0.3 is 128 Å². The zero-order chi connectivity index (χ0) is 84.3. The molecule has 7 amide bonds. The number of phenolic OH excluding ortho intramolecular Hbond substituents is 3. The van der Waals surface area contributed by atoms with Crippen LogP contribution in [0.5, 0.6) is 46.0 Å². The number of carboxylic acids is 1. The highest BCUT2D eigenvalue weighted by Crippen LogP contribution is 2.50. The first-order valence-electron chi connectivity index (χ1n) is 36.9. The lowest BCUT2D eigenvalue weighted by Gasteiger charge is -2.47. The van der Waals surface area contributed by atoms with Crippen LogP contribution in [0.15, 0.2) is 127 Å². The molecule has 7 aromatic rings. The van der Waals surface area contributed by atoms with Gasteiger partial charge in [-0.2, -0.15) is 0 Å². The van der Waals surface area contributed by atoms with Gasteiger partial charge in [-0.1, -0.05) is 90.8 Å². The fourth-order valence-corrected chi connectivity index (χ4v) is 14.9. The second kappa shape index (κ2) is 35.9. The first-order chi connectivity index (χ1) is 55.6. The summed E-state index contributed by atoms with van der Waals surface area (Å²) in [7, 11) is 1.47. The van der Waals surface area contributed by atoms with Gasteiger partial charge in [0.2, 0.25) is 53.4 Å². The topological polar surface area (TPSA) is 517 Å². The molecule has 0 spiro atoms. The number of primary amides is 1. The van der Waals surface area contributed by atoms with E-state index in [1.807, 2.05) is 26.0 Å². The SMILES string of the molecule is CN[C@H](CC(C)C)C(=O)N[C@H]1C(=O)N[C@@H](CC(N)=O)C(=O)N[C@H]2C(=O)NC3C(=O)NC(C(=O)N[C@@H](C(=O)O)c4cc(O)cc(O)c4-c4cc3ccc4O)[C@H](O[C@H]3C[C@](C)(NCc4ccc(C#Cc5ccc(Cl)cc5)cc4)[C@@H](O)[C@H](C)O3)c3ccc(c(Cl)c3)Oc3cc2cc(c3O[C@@H]2O[C@H](CO)[C@@H](O)[C@H](O)[C@H]2O)Oc2ccc(cc2Cl)[C@H]1O. The molecule has 0 radical (unpaired) electrons. The van der Waals surface area contributed by atoms with Gasteiger partial charge in [-0.15, -0.1) is 0 Å². The number of phenols is 3. The third-order valence-electron chi connectivity index (χ3n) is 20.6. The van der Waals surface area contributed by atoms with Crippen LogP contribution >= 0.6 is 34.8 Å². The van der Waals surface area contributed by atoms with E-state index in [1.165, 1.54) is 44.3 Å². The summed E-state index contributed by atoms with van der Waals surface area (Å²) >= 11 is 20.5. The molecule has 11 bridgehead atoms. The molecule has 14 rings (SSSR count). The van der Waals surface area contributed by atoms with Gasteiger partial charge in [-0.05, 0) is 152 Å². The van der Waals surface area contributed by atoms with E-state index in [1.54, 1.807) is 43.3 Å². The molecule has 7 aliphatic rings. The predicted molar refractivity (Wildman–Crippen MR) is 416 cm³/mol. The Morgan fingerprint density at radius 1 is 0.667 bits per heavy atom. The highest BCUT2D eigenvalue weighted by Gasteiger charge is 2.50. The molecular weight excluding hydrogens is 1590 g/mol. The van der Waals surface area contributed by atoms with Crippen molar-refractivity contribution in [2.75, 3.05) is 13.7 Å². The van der Waals surface area contributed by atoms with Crippen LogP contribution in [0, 0.1) is 17.8 Å². The van der Waals surface area contributed by atoms with E-state index in [2.05, 4.69) is 54.4 Å². The number of nitrogens with two attached hydrogens (primary N) is 1. The number of fused-ring (bicyclic) bond motifs is 15. The van der Waals surface area contributed by atoms with Crippen molar-refractivity contribution in [3.05, 3.63) is 187 Å². The van der Waals surface area contributed by atoms with E-state index in [4.69, 9.17) is 69.0 Å². The molecule has 33 nitrogen and oxygen atoms in total. The van der Waals surface area contributed by atoms with Crippen LogP contribution in [0.4, 0.5) is 0 Å². The molecule has 36 heteroatoms. The van der Waals surface area contributed by atoms with Gasteiger partial charge in [0.05, 0.1) is 41.3 Å². The number of aliphatic carboxylic acids is 1. The average Bonchev–Trinajstić information content (AvgIpc) is 0.762. The van der Waals surface area contributed by atoms with Crippen molar-refractivity contribution >= 4 is 82.1 Å². The van der Waals surface area contributed by atoms with Crippen LogP contribution < -0.4 is 62.5 Å². The number of halogens is 3. The summed E-state index contributed by atoms with van der Waals surface area (Å²) in [4.78, 5) is 120. The van der Waals surface area contributed by atoms with Crippen molar-refractivity contribution in [2.24, 2.45) is 11.7 Å². The van der Waals surface area contributed by atoms with Crippen molar-refractivity contribution in [3.8, 4) is 69.0 Å². The third kappa shape index (κ3) is 19.1. The number of amides is 7. The molecule has 18 atom stereocenters. The minimum absolute atomic E-state index is 0.105. The van der Waals surface area contributed by atoms with E-state index in [0.29, 0.717) is 10.6 Å². The molecule has 0 aliphatic carbocycles. The number of aromatic hydroxyl groups is 3. The summed E-state index contributed by atoms with van der Waals surface area (Å²) in [6.07, 6.45) is -19.1. The number of aliphatic hydroxyl groups excluding tert-OH is 6. The van der Waals surface area contributed by atoms with Crippen molar-refractivity contribution in [3.63, 3.8) is 0 Å². The normalized spacial score (nSPS) is 26.8. The highest BCUT2D eigenvalue weighted by atomic mass is 35.5. The Balaban J connectivity index is 1.05. The van der Waals surface area contributed by atoms with Crippen LogP contribution in [0.1, 0.15) is 122 Å². The first kappa shape index (κ1) is 85.5. The van der Waals surface area contributed by atoms with Gasteiger partial charge in [0.1, 0.15) is 95.6 Å². The van der Waals surface area contributed by atoms with Gasteiger partial charge in [-0.3, -0.25) is 33.6 Å². The number of benzene rings is 7. The van der Waals surface area contributed by atoms with Crippen molar-refractivity contribution in [2.45, 2.75) is 163 Å². The Hall–Kier alpha value is -10.9. The van der Waals surface area contributed by atoms with Gasteiger partial charge in [0, 0.05) is 57.4 Å². The maximum absolute atomic E-state index is 16.4. The van der Waals surface area contributed by atoms with Crippen molar-refractivity contribution in [1.82, 2.24) is 42.5 Å². The number of carbonyl (C=O) groups is 8. The average molecular weight is 1670 g/mol. The molecule has 7 aromatic carbocycles. The molecule has 0 saturated carbocycles. The standard InChI is InChI=1S/C81H84Cl3N9O24/c1-34(2)22-49(86-5)73(104)92-64-66(99)40-15-20-53(47(83)24-40)113-55-26-42-27-56(71(55)117-80-69(102)68(101)67(100)57(33-94)115-80)114-54-21-16-41(25-48(54)84)70(116-59-31-81(4,72(103)35(3)112-59)87-32-38-10-8-36(9-11-38)6-7-37-12-17-43(82)18-13-37)65-78(109)91-63(79(110)111)46-28-44(95)29-52(97)60(46)45-23-39(14-19-51(45)96)61(75(106)93-65)90-76(107)62(42)89-74(105)50(30-58(85)98)88-77(64)108/h8-21,23-29,34-35,49-50,57,59,61-70,72,80,86-87,94-97,99-103H,22,30-33H2,1-5H3,(H2,85,98)(H,88,108)(H,89,105)(H,90,107)(H,91,109)(H,92,104)(H,93,106)(H,110,111)/t35-,49+,50-,57+,59-,61?,62+,63+,64+,65?,66+,67+,68-,69+,70+,72-,80-,81-/m0/s1. The summed E-state index contributed by atoms with van der Waals surface area (Å²) in [6.45, 7) is 5.99. The van der Waals surface area contributed by atoms with Crippen LogP contribution in [0.2, 0.25) is 15.1 Å². The van der Waals surface area contributed by atoms with E-state index in [-0.39, 0.29) is 52.8 Å². The number of likely N-dealkylation sites (N-methyl/N-ethyl adjacent to an activating group) is 1. The second-order valence-corrected chi connectivity index (χ2v) is 30.7. The number of nitrogens with one attached hydrogen (secondary N) is 8. The summed E-state index contributed by atoms with van der Waals surface area (Å²) in [5.41, 5.74) is 3.85. The van der Waals surface area contributed by atoms with Gasteiger partial charge in [0.15, 0.2) is 23.8 Å². The lowest BCUT2D eigenvalue weighted by Crippen LogP contribution is -2.63. The molecule has 2 fully saturated rings. The number of carboxylic acid groups (broad SMARTS) is 1. The molecular formula is C81H84Cl3N9O24. The number of rotatable bonds is 16. The van der Waals surface area contributed by atoms with Crippen molar-refractivity contribution in [1.29, 1.82) is 0 Å². The molecule has 2 saturated heterocycles. The summed E-state index contributed by atoms with van der Waals surface area (Å²) in [5, 5.41) is 136. The van der Waals surface area contributed by atoms with Crippen LogP contribution in [-0.4, -0.2) is 191 Å². The monoisotopic (exact) mass is 1670 g/mol. The maximum atomic E-state index is 16.4. The molecule has 117 heavy (non-hydrogen) atoms. The van der Waals surface area contributed by atoms with E-state index in [9.17, 15) is 70.2 Å². The van der Waals surface area contributed by atoms with E-state index in [0.717, 1.165) is 59.7 Å². The molecule has 7 aliphatic heterocycles. The Morgan fingerprint density at radius 2 is 1.27 bits per heavy atom. The second-order valence-electron chi connectivity index (χ2n) is 29.4. The van der Waals surface area contributed by atoms with E-state index >= 15 is 19.2 Å². The Kier molecular flexibility index (Phi) is 26.2. The quantitative estimate of drug-likeness (QED) is 0.0608. The number of hydrogen-bond acceptors (Lipinski definition) is 25. The lowest BCUT2D eigenvalue weighted by molar-refractivity contribution is -0.277.